The van der Waals surface area contributed by atoms with E-state index < -0.39 is 97.5 Å². The van der Waals surface area contributed by atoms with Crippen molar-refractivity contribution in [3.05, 3.63) is 0 Å². The summed E-state index contributed by atoms with van der Waals surface area (Å²) in [6.45, 7) is 4.95. The number of phosphoric ester groups is 2. The van der Waals surface area contributed by atoms with E-state index in [0.29, 0.717) is 25.7 Å². The van der Waals surface area contributed by atoms with Crippen molar-refractivity contribution >= 4 is 39.5 Å². The van der Waals surface area contributed by atoms with Gasteiger partial charge in [-0.05, 0) is 25.7 Å². The van der Waals surface area contributed by atoms with Gasteiger partial charge in [-0.3, -0.25) is 37.3 Å². The third-order valence-electron chi connectivity index (χ3n) is 17.6. The molecule has 0 aromatic carbocycles. The number of carbonyl (C=O) groups excluding carboxylic acids is 4. The lowest BCUT2D eigenvalue weighted by Crippen LogP contribution is -2.30. The Morgan fingerprint density at radius 1 is 0.255 bits per heavy atom. The first kappa shape index (κ1) is 92.1. The van der Waals surface area contributed by atoms with E-state index in [0.717, 1.165) is 103 Å². The van der Waals surface area contributed by atoms with Crippen molar-refractivity contribution in [1.82, 2.24) is 0 Å². The quantitative estimate of drug-likeness (QED) is 0.0222. The standard InChI is InChI=1S/C75H146O17P2/c1-5-9-13-17-21-24-27-30-32-34-36-38-40-43-46-50-54-58-62-75(80)92-71(66-86-73(78)60-56-52-48-44-42-39-37-35-33-31-28-25-22-18-14-10-6-2)68-90-94(83,84)88-64-69(76)63-87-93(81,82)89-67-70(65-85-72(77)59-55-51-47-20-16-12-8-4)91-74(79)61-57-53-49-45-41-29-26-23-19-15-11-7-3/h69-71,76H,5-68H2,1-4H3,(H,81,82)(H,83,84)/t69-,70+,71+/m0/s1. The fourth-order valence-corrected chi connectivity index (χ4v) is 13.2. The maximum absolute atomic E-state index is 13.1. The number of rotatable bonds is 76. The lowest BCUT2D eigenvalue weighted by atomic mass is 10.0. The highest BCUT2D eigenvalue weighted by atomic mass is 31.2. The highest BCUT2D eigenvalue weighted by molar-refractivity contribution is 7.47. The van der Waals surface area contributed by atoms with E-state index in [4.69, 9.17) is 37.0 Å². The van der Waals surface area contributed by atoms with E-state index >= 15 is 0 Å². The molecule has 0 spiro atoms. The van der Waals surface area contributed by atoms with Gasteiger partial charge >= 0.3 is 39.5 Å². The maximum atomic E-state index is 13.1. The average Bonchev–Trinajstić information content (AvgIpc) is 1.42. The number of aliphatic hydroxyl groups excluding tert-OH is 1. The van der Waals surface area contributed by atoms with Gasteiger partial charge in [0, 0.05) is 25.7 Å². The molecule has 94 heavy (non-hydrogen) atoms. The molecule has 0 saturated carbocycles. The fraction of sp³-hybridized carbons (Fsp3) is 0.947. The molecule has 0 aromatic rings. The molecule has 0 saturated heterocycles. The van der Waals surface area contributed by atoms with Gasteiger partial charge in [0.05, 0.1) is 26.4 Å². The van der Waals surface area contributed by atoms with Crippen LogP contribution in [0.25, 0.3) is 0 Å². The van der Waals surface area contributed by atoms with E-state index in [9.17, 15) is 43.2 Å². The number of hydrogen-bond donors (Lipinski definition) is 3. The molecule has 558 valence electrons. The van der Waals surface area contributed by atoms with Crippen LogP contribution < -0.4 is 0 Å². The smallest absolute Gasteiger partial charge is 0.462 e. The van der Waals surface area contributed by atoms with E-state index in [1.54, 1.807) is 0 Å². The summed E-state index contributed by atoms with van der Waals surface area (Å²) < 4.78 is 68.4. The number of unbranched alkanes of at least 4 members (excludes halogenated alkanes) is 50. The topological polar surface area (TPSA) is 237 Å². The van der Waals surface area contributed by atoms with Crippen LogP contribution in [0.15, 0.2) is 0 Å². The number of hydrogen-bond acceptors (Lipinski definition) is 15. The maximum Gasteiger partial charge on any atom is 0.472 e. The second-order valence-corrected chi connectivity index (χ2v) is 29.9. The monoisotopic (exact) mass is 1380 g/mol. The van der Waals surface area contributed by atoms with Crippen LogP contribution >= 0.6 is 15.6 Å². The highest BCUT2D eigenvalue weighted by Gasteiger charge is 2.30. The molecular weight excluding hydrogens is 1230 g/mol. The van der Waals surface area contributed by atoms with Crippen LogP contribution in [0, 0.1) is 0 Å². The summed E-state index contributed by atoms with van der Waals surface area (Å²) in [6.07, 6.45) is 59.8. The van der Waals surface area contributed by atoms with Gasteiger partial charge in [0.25, 0.3) is 0 Å². The Bertz CT molecular complexity index is 1790. The van der Waals surface area contributed by atoms with Gasteiger partial charge in [-0.1, -0.05) is 349 Å². The molecule has 0 fully saturated rings. The molecule has 5 atom stereocenters. The van der Waals surface area contributed by atoms with Crippen molar-refractivity contribution in [2.45, 2.75) is 418 Å². The van der Waals surface area contributed by atoms with Gasteiger partial charge in [0.2, 0.25) is 0 Å². The predicted molar refractivity (Wildman–Crippen MR) is 382 cm³/mol. The van der Waals surface area contributed by atoms with Gasteiger partial charge in [0.1, 0.15) is 19.3 Å². The fourth-order valence-electron chi connectivity index (χ4n) is 11.6. The summed E-state index contributed by atoms with van der Waals surface area (Å²) in [4.78, 5) is 72.6. The molecule has 0 aromatic heterocycles. The van der Waals surface area contributed by atoms with E-state index in [1.807, 2.05) is 0 Å². The minimum Gasteiger partial charge on any atom is -0.462 e. The van der Waals surface area contributed by atoms with Gasteiger partial charge in [-0.2, -0.15) is 0 Å². The Kier molecular flexibility index (Phi) is 68.1. The van der Waals surface area contributed by atoms with Crippen molar-refractivity contribution in [1.29, 1.82) is 0 Å². The number of carbonyl (C=O) groups is 4. The van der Waals surface area contributed by atoms with E-state index in [2.05, 4.69) is 27.7 Å². The third kappa shape index (κ3) is 68.6. The summed E-state index contributed by atoms with van der Waals surface area (Å²) >= 11 is 0. The molecule has 0 radical (unpaired) electrons. The third-order valence-corrected chi connectivity index (χ3v) is 19.5. The average molecular weight is 1380 g/mol. The minimum atomic E-state index is -4.95. The molecule has 17 nitrogen and oxygen atoms in total. The lowest BCUT2D eigenvalue weighted by Gasteiger charge is -2.21. The molecule has 0 aliphatic heterocycles. The zero-order chi connectivity index (χ0) is 69.0. The van der Waals surface area contributed by atoms with Crippen molar-refractivity contribution in [2.24, 2.45) is 0 Å². The molecule has 0 aliphatic rings. The van der Waals surface area contributed by atoms with Crippen LogP contribution in [0.4, 0.5) is 0 Å². The van der Waals surface area contributed by atoms with Crippen LogP contribution in [0.2, 0.25) is 0 Å². The Morgan fingerprint density at radius 2 is 0.426 bits per heavy atom. The van der Waals surface area contributed by atoms with Crippen LogP contribution in [0.5, 0.6) is 0 Å². The van der Waals surface area contributed by atoms with Gasteiger partial charge in [0.15, 0.2) is 12.2 Å². The number of phosphoric acid groups is 2. The SMILES string of the molecule is CCCCCCCCCCCCCCCCCCCCC(=O)O[C@H](COC(=O)CCCCCCCCCCCCCCCCCCC)COP(=O)(O)OC[C@@H](O)COP(=O)(O)OC[C@@H](COC(=O)CCCCCCCCC)OC(=O)CCCCCCCCCCCCCC. The zero-order valence-corrected chi connectivity index (χ0v) is 62.7. The molecule has 2 unspecified atom stereocenters. The van der Waals surface area contributed by atoms with E-state index in [-0.39, 0.29) is 25.7 Å². The van der Waals surface area contributed by atoms with E-state index in [1.165, 1.54) is 218 Å². The zero-order valence-electron chi connectivity index (χ0n) is 60.9. The number of aliphatic hydroxyl groups is 1. The van der Waals surface area contributed by atoms with Gasteiger partial charge in [-0.15, -0.1) is 0 Å². The molecule has 0 heterocycles. The van der Waals surface area contributed by atoms with Crippen LogP contribution in [-0.4, -0.2) is 96.7 Å². The second-order valence-electron chi connectivity index (χ2n) is 27.0. The first-order valence-electron chi connectivity index (χ1n) is 39.3. The Hall–Kier alpha value is -1.94. The summed E-state index contributed by atoms with van der Waals surface area (Å²) in [7, 11) is -9.90. The number of ether oxygens (including phenoxy) is 4. The minimum absolute atomic E-state index is 0.108. The Labute approximate surface area is 575 Å². The van der Waals surface area contributed by atoms with Crippen molar-refractivity contribution in [3.8, 4) is 0 Å². The lowest BCUT2D eigenvalue weighted by molar-refractivity contribution is -0.161. The molecular formula is C75H146O17P2. The van der Waals surface area contributed by atoms with Gasteiger partial charge in [-0.25, -0.2) is 9.13 Å². The Balaban J connectivity index is 5.18. The first-order chi connectivity index (χ1) is 45.7. The van der Waals surface area contributed by atoms with Crippen molar-refractivity contribution in [2.75, 3.05) is 39.6 Å². The predicted octanol–water partition coefficient (Wildman–Crippen LogP) is 22.2. The summed E-state index contributed by atoms with van der Waals surface area (Å²) in [5.41, 5.74) is 0. The van der Waals surface area contributed by atoms with Crippen molar-refractivity contribution < 1.29 is 80.2 Å². The summed E-state index contributed by atoms with van der Waals surface area (Å²) in [5.74, 6) is -2.12. The number of esters is 4. The molecule has 0 aliphatic carbocycles. The van der Waals surface area contributed by atoms with Crippen LogP contribution in [0.1, 0.15) is 400 Å². The highest BCUT2D eigenvalue weighted by Crippen LogP contribution is 2.45. The largest absolute Gasteiger partial charge is 0.472 e. The van der Waals surface area contributed by atoms with Crippen LogP contribution in [0.3, 0.4) is 0 Å². The Morgan fingerprint density at radius 3 is 0.628 bits per heavy atom. The van der Waals surface area contributed by atoms with Crippen LogP contribution in [-0.2, 0) is 65.4 Å². The second kappa shape index (κ2) is 69.5. The summed E-state index contributed by atoms with van der Waals surface area (Å²) in [5, 5.41) is 10.6. The first-order valence-corrected chi connectivity index (χ1v) is 42.3. The van der Waals surface area contributed by atoms with Crippen molar-refractivity contribution in [3.63, 3.8) is 0 Å². The van der Waals surface area contributed by atoms with Gasteiger partial charge < -0.3 is 33.8 Å². The molecule has 0 amide bonds. The molecule has 0 rings (SSSR count). The molecule has 19 heteroatoms. The normalized spacial score (nSPS) is 13.9. The molecule has 0 bridgehead atoms. The summed E-state index contributed by atoms with van der Waals surface area (Å²) in [6, 6.07) is 0. The molecule has 3 N–H and O–H groups in total.